The zero-order chi connectivity index (χ0) is 31.5. The number of nitrogens with zero attached hydrogens (tertiary/aromatic N) is 11. The van der Waals surface area contributed by atoms with E-state index in [2.05, 4.69) is 35.4 Å². The van der Waals surface area contributed by atoms with Crippen LogP contribution in [0.2, 0.25) is 0 Å². The van der Waals surface area contributed by atoms with E-state index in [4.69, 9.17) is 24.5 Å². The van der Waals surface area contributed by atoms with Crippen LogP contribution >= 0.6 is 0 Å². The van der Waals surface area contributed by atoms with Crippen LogP contribution in [0, 0.1) is 0 Å². The molecular weight excluding hydrogens is 592 g/mol. The van der Waals surface area contributed by atoms with Crippen molar-refractivity contribution < 1.29 is 19.8 Å². The number of fused-ring (bicyclic) bond motifs is 1. The molecule has 0 aromatic carbocycles. The summed E-state index contributed by atoms with van der Waals surface area (Å²) in [5.41, 5.74) is 2.36. The second kappa shape index (κ2) is 13.2. The van der Waals surface area contributed by atoms with E-state index < -0.39 is 0 Å². The Bertz CT molecular complexity index is 1770. The highest BCUT2D eigenvalue weighted by molar-refractivity contribution is 5.89. The molecule has 2 aliphatic rings. The van der Waals surface area contributed by atoms with Gasteiger partial charge in [-0.1, -0.05) is 0 Å². The lowest BCUT2D eigenvalue weighted by Crippen LogP contribution is -2.37. The van der Waals surface area contributed by atoms with Gasteiger partial charge in [0.1, 0.15) is 18.2 Å². The van der Waals surface area contributed by atoms with E-state index in [9.17, 15) is 5.21 Å². The summed E-state index contributed by atoms with van der Waals surface area (Å²) < 4.78 is 15.9. The number of imidazole rings is 1. The molecule has 240 valence electrons. The lowest BCUT2D eigenvalue weighted by atomic mass is 9.93. The average Bonchev–Trinajstić information content (AvgIpc) is 3.72. The van der Waals surface area contributed by atoms with Crippen molar-refractivity contribution in [3.63, 3.8) is 0 Å². The van der Waals surface area contributed by atoms with Crippen LogP contribution in [0.25, 0.3) is 22.3 Å². The van der Waals surface area contributed by atoms with Gasteiger partial charge in [0, 0.05) is 56.4 Å². The Balaban J connectivity index is 1.16. The summed E-state index contributed by atoms with van der Waals surface area (Å²) in [6.07, 6.45) is 12.2. The molecule has 0 spiro atoms. The van der Waals surface area contributed by atoms with Crippen molar-refractivity contribution in [2.45, 2.75) is 44.4 Å². The molecule has 0 radical (unpaired) electrons. The number of nitrogens with one attached hydrogen (secondary N) is 1. The Morgan fingerprint density at radius 3 is 2.65 bits per heavy atom. The van der Waals surface area contributed by atoms with E-state index in [1.165, 1.54) is 0 Å². The first-order valence-corrected chi connectivity index (χ1v) is 15.4. The lowest BCUT2D eigenvalue weighted by Gasteiger charge is -2.31. The second-order valence-electron chi connectivity index (χ2n) is 11.4. The predicted octanol–water partition coefficient (Wildman–Crippen LogP) is 1.98. The second-order valence-corrected chi connectivity index (χ2v) is 11.4. The molecule has 7 rings (SSSR count). The monoisotopic (exact) mass is 629 g/mol. The zero-order valence-corrected chi connectivity index (χ0v) is 25.5. The zero-order valence-electron chi connectivity index (χ0n) is 25.5. The molecule has 16 heteroatoms. The third kappa shape index (κ3) is 6.27. The number of pyridine rings is 2. The molecule has 1 aliphatic carbocycles. The maximum absolute atomic E-state index is 9.99. The van der Waals surface area contributed by atoms with Crippen LogP contribution in [0.4, 0.5) is 17.7 Å². The molecule has 6 heterocycles. The van der Waals surface area contributed by atoms with Gasteiger partial charge in [-0.2, -0.15) is 10.0 Å². The molecule has 16 nitrogen and oxygen atoms in total. The van der Waals surface area contributed by atoms with Crippen LogP contribution < -0.4 is 20.0 Å². The average molecular weight is 630 g/mol. The molecule has 0 unspecified atom stereocenters. The van der Waals surface area contributed by atoms with Crippen molar-refractivity contribution in [2.24, 2.45) is 7.05 Å². The highest BCUT2D eigenvalue weighted by Gasteiger charge is 2.26. The maximum atomic E-state index is 9.99. The predicted molar refractivity (Wildman–Crippen MR) is 169 cm³/mol. The van der Waals surface area contributed by atoms with E-state index in [-0.39, 0.29) is 24.8 Å². The van der Waals surface area contributed by atoms with Crippen LogP contribution in [-0.2, 0) is 18.3 Å². The minimum Gasteiger partial charge on any atom is -0.474 e. The number of morpholine rings is 1. The van der Waals surface area contributed by atoms with Crippen LogP contribution in [0.5, 0.6) is 5.88 Å². The first-order valence-electron chi connectivity index (χ1n) is 15.4. The van der Waals surface area contributed by atoms with Crippen LogP contribution in [0.15, 0.2) is 49.3 Å². The number of anilines is 3. The first-order chi connectivity index (χ1) is 22.6. The van der Waals surface area contributed by atoms with Crippen LogP contribution in [0.1, 0.15) is 31.4 Å². The summed E-state index contributed by atoms with van der Waals surface area (Å²) in [6, 6.07) is 6.12. The fourth-order valence-corrected chi connectivity index (χ4v) is 5.95. The highest BCUT2D eigenvalue weighted by atomic mass is 16.5. The molecule has 2 fully saturated rings. The first kappa shape index (κ1) is 29.8. The van der Waals surface area contributed by atoms with Gasteiger partial charge in [-0.15, -0.1) is 10.2 Å². The molecule has 0 amide bonds. The van der Waals surface area contributed by atoms with Crippen molar-refractivity contribution in [1.29, 1.82) is 0 Å². The van der Waals surface area contributed by atoms with E-state index >= 15 is 0 Å². The van der Waals surface area contributed by atoms with E-state index in [0.717, 1.165) is 71.8 Å². The lowest BCUT2D eigenvalue weighted by molar-refractivity contribution is 0.122. The number of hydroxylamine groups is 1. The van der Waals surface area contributed by atoms with Gasteiger partial charge in [-0.05, 0) is 37.8 Å². The van der Waals surface area contributed by atoms with Crippen LogP contribution in [-0.4, -0.2) is 99.7 Å². The maximum Gasteiger partial charge on any atom is 0.249 e. The van der Waals surface area contributed by atoms with Crippen molar-refractivity contribution in [3.8, 4) is 17.3 Å². The molecule has 5 aromatic rings. The molecule has 5 aromatic heterocycles. The molecule has 46 heavy (non-hydrogen) atoms. The molecule has 0 bridgehead atoms. The topological polar surface area (TPSA) is 180 Å². The van der Waals surface area contributed by atoms with Gasteiger partial charge in [0.15, 0.2) is 5.82 Å². The molecule has 1 aliphatic heterocycles. The third-order valence-corrected chi connectivity index (χ3v) is 8.46. The summed E-state index contributed by atoms with van der Waals surface area (Å²) in [5, 5.41) is 31.0. The molecule has 4 N–H and O–H groups in total. The van der Waals surface area contributed by atoms with Crippen molar-refractivity contribution >= 4 is 28.6 Å². The standard InChI is InChI=1S/C30H36N12O4/c1-39-22(16-34-30(39)42(44)19-43)17-41-18-35-38-27(41)20-13-24-25(33-15-20)14-26(40-9-11-45-12-10-40)37-28(24)46-23-5-3-21(4-6-23)36-29-31-7-2-8-32-29/h2,7-8,13-16,18,21,23,43-44H,3-6,9-12,17,19H2,1H3,(H,31,32,36)/p+1. The molecule has 1 saturated carbocycles. The Labute approximate surface area is 264 Å². The smallest absolute Gasteiger partial charge is 0.249 e. The number of ether oxygens (including phenoxy) is 2. The Morgan fingerprint density at radius 1 is 1.07 bits per heavy atom. The van der Waals surface area contributed by atoms with Crippen LogP contribution in [0.3, 0.4) is 0 Å². The summed E-state index contributed by atoms with van der Waals surface area (Å²) in [5.74, 6) is 2.93. The van der Waals surface area contributed by atoms with Gasteiger partial charge in [0.2, 0.25) is 24.5 Å². The fourth-order valence-electron chi connectivity index (χ4n) is 5.95. The number of hydrogen-bond acceptors (Lipinski definition) is 13. The van der Waals surface area contributed by atoms with Gasteiger partial charge in [0.05, 0.1) is 42.6 Å². The quantitative estimate of drug-likeness (QED) is 0.130. The van der Waals surface area contributed by atoms with Gasteiger partial charge in [-0.25, -0.2) is 15.0 Å². The molecule has 1 saturated heterocycles. The minimum absolute atomic E-state index is 0.00605. The summed E-state index contributed by atoms with van der Waals surface area (Å²) in [4.78, 5) is 25.0. The van der Waals surface area contributed by atoms with Gasteiger partial charge < -0.3 is 33.9 Å². The van der Waals surface area contributed by atoms with Gasteiger partial charge >= 0.3 is 0 Å². The van der Waals surface area contributed by atoms with Gasteiger partial charge in [-0.3, -0.25) is 10.2 Å². The summed E-state index contributed by atoms with van der Waals surface area (Å²) in [6.45, 7) is 2.89. The van der Waals surface area contributed by atoms with E-state index in [1.54, 1.807) is 42.7 Å². The molecular formula is C30H37N12O4+. The minimum atomic E-state index is -0.322. The van der Waals surface area contributed by atoms with Crippen molar-refractivity contribution in [1.82, 2.24) is 44.3 Å². The normalized spacial score (nSPS) is 18.5. The Morgan fingerprint density at radius 2 is 1.87 bits per heavy atom. The van der Waals surface area contributed by atoms with Crippen molar-refractivity contribution in [3.05, 3.63) is 55.0 Å². The third-order valence-electron chi connectivity index (χ3n) is 8.46. The largest absolute Gasteiger partial charge is 0.474 e. The van der Waals surface area contributed by atoms with Gasteiger partial charge in [0.25, 0.3) is 0 Å². The van der Waals surface area contributed by atoms with E-state index in [0.29, 0.717) is 37.4 Å². The van der Waals surface area contributed by atoms with Crippen molar-refractivity contribution in [2.75, 3.05) is 48.3 Å². The number of rotatable bonds is 10. The fraction of sp³-hybridized carbons (Fsp3) is 0.433. The van der Waals surface area contributed by atoms with E-state index in [1.807, 2.05) is 22.8 Å². The SMILES string of the molecule is Cn1c(Cn2cnnc2-c2cnc3cc(N4CCOCC4)nc(OC4CCC(Nc5ncccn5)CC4)c3c2)cnc1N(O)C[OH2+]. The number of aromatic nitrogens is 9. The Kier molecular flexibility index (Phi) is 8.54. The summed E-state index contributed by atoms with van der Waals surface area (Å²) in [7, 11) is 1.79. The molecule has 0 atom stereocenters. The highest BCUT2D eigenvalue weighted by Crippen LogP contribution is 2.33. The summed E-state index contributed by atoms with van der Waals surface area (Å²) >= 11 is 0. The number of hydrogen-bond donors (Lipinski definition) is 2. The Hall–Kier alpha value is -4.93.